The van der Waals surface area contributed by atoms with Gasteiger partial charge in [-0.05, 0) is 42.2 Å². The number of piperazine rings is 1. The van der Waals surface area contributed by atoms with E-state index in [2.05, 4.69) is 24.1 Å². The van der Waals surface area contributed by atoms with E-state index in [1.807, 2.05) is 34.1 Å². The Hall–Kier alpha value is -2.61. The van der Waals surface area contributed by atoms with Crippen LogP contribution in [-0.4, -0.2) is 48.5 Å². The Bertz CT molecular complexity index is 829. The van der Waals surface area contributed by atoms with Gasteiger partial charge in [0.2, 0.25) is 5.91 Å². The molecule has 0 spiro atoms. The van der Waals surface area contributed by atoms with Crippen molar-refractivity contribution in [2.24, 2.45) is 0 Å². The Morgan fingerprint density at radius 1 is 1.10 bits per heavy atom. The number of benzene rings is 1. The van der Waals surface area contributed by atoms with Gasteiger partial charge in [0.1, 0.15) is 5.82 Å². The van der Waals surface area contributed by atoms with E-state index in [4.69, 9.17) is 0 Å². The number of anilines is 2. The van der Waals surface area contributed by atoms with Gasteiger partial charge in [-0.1, -0.05) is 26.0 Å². The van der Waals surface area contributed by atoms with Crippen molar-refractivity contribution in [3.8, 4) is 0 Å². The first-order valence-electron chi connectivity index (χ1n) is 10.2. The van der Waals surface area contributed by atoms with Crippen molar-refractivity contribution in [3.63, 3.8) is 0 Å². The van der Waals surface area contributed by atoms with Crippen molar-refractivity contribution >= 4 is 17.4 Å². The highest BCUT2D eigenvalue weighted by molar-refractivity contribution is 5.92. The minimum absolute atomic E-state index is 0.0765. The fraction of sp³-hybridized carbons (Fsp3) is 0.455. The van der Waals surface area contributed by atoms with E-state index in [0.29, 0.717) is 37.9 Å². The summed E-state index contributed by atoms with van der Waals surface area (Å²) >= 11 is 0. The minimum Gasteiger partial charge on any atom is -0.354 e. The minimum atomic E-state index is -4.38. The van der Waals surface area contributed by atoms with Gasteiger partial charge < -0.3 is 10.2 Å². The second-order valence-electron chi connectivity index (χ2n) is 7.65. The first kappa shape index (κ1) is 22.1. The van der Waals surface area contributed by atoms with Gasteiger partial charge in [0, 0.05) is 38.1 Å². The molecule has 1 aromatic carbocycles. The molecule has 162 valence electrons. The van der Waals surface area contributed by atoms with E-state index < -0.39 is 11.7 Å². The van der Waals surface area contributed by atoms with Crippen molar-refractivity contribution < 1.29 is 18.0 Å². The number of amides is 1. The molecule has 0 radical (unpaired) electrons. The van der Waals surface area contributed by atoms with E-state index in [-0.39, 0.29) is 12.5 Å². The maximum atomic E-state index is 12.7. The van der Waals surface area contributed by atoms with E-state index in [1.165, 1.54) is 11.6 Å². The second kappa shape index (κ2) is 9.47. The molecule has 0 aliphatic carbocycles. The Morgan fingerprint density at radius 2 is 1.77 bits per heavy atom. The summed E-state index contributed by atoms with van der Waals surface area (Å²) in [5.74, 6) is 0.936. The van der Waals surface area contributed by atoms with Crippen LogP contribution in [0, 0.1) is 0 Å². The number of aromatic nitrogens is 1. The van der Waals surface area contributed by atoms with Crippen molar-refractivity contribution in [2.75, 3.05) is 42.9 Å². The van der Waals surface area contributed by atoms with E-state index in [0.717, 1.165) is 24.4 Å². The predicted octanol–water partition coefficient (Wildman–Crippen LogP) is 4.37. The largest absolute Gasteiger partial charge is 0.417 e. The maximum Gasteiger partial charge on any atom is 0.417 e. The van der Waals surface area contributed by atoms with Crippen LogP contribution in [0.15, 0.2) is 42.6 Å². The zero-order chi connectivity index (χ0) is 21.7. The third-order valence-electron chi connectivity index (χ3n) is 5.51. The lowest BCUT2D eigenvalue weighted by molar-refractivity contribution is -0.137. The van der Waals surface area contributed by atoms with Gasteiger partial charge in [0.05, 0.1) is 12.1 Å². The van der Waals surface area contributed by atoms with E-state index in [1.54, 1.807) is 0 Å². The molecule has 0 bridgehead atoms. The molecule has 1 aliphatic rings. The molecule has 8 heteroatoms. The van der Waals surface area contributed by atoms with Gasteiger partial charge in [-0.25, -0.2) is 4.98 Å². The van der Waals surface area contributed by atoms with Crippen LogP contribution in [0.1, 0.15) is 37.3 Å². The fourth-order valence-corrected chi connectivity index (χ4v) is 3.41. The van der Waals surface area contributed by atoms with Gasteiger partial charge in [-0.2, -0.15) is 13.2 Å². The van der Waals surface area contributed by atoms with Crippen LogP contribution in [0.2, 0.25) is 0 Å². The zero-order valence-corrected chi connectivity index (χ0v) is 17.2. The fourth-order valence-electron chi connectivity index (χ4n) is 3.41. The average molecular weight is 420 g/mol. The van der Waals surface area contributed by atoms with Crippen LogP contribution >= 0.6 is 0 Å². The van der Waals surface area contributed by atoms with Gasteiger partial charge in [0.15, 0.2) is 0 Å². The molecule has 1 amide bonds. The number of alkyl halides is 3. The highest BCUT2D eigenvalue weighted by atomic mass is 19.4. The Balaban J connectivity index is 1.46. The monoisotopic (exact) mass is 420 g/mol. The molecule has 1 saturated heterocycles. The smallest absolute Gasteiger partial charge is 0.354 e. The molecule has 1 fully saturated rings. The summed E-state index contributed by atoms with van der Waals surface area (Å²) in [5.41, 5.74) is 1.28. The van der Waals surface area contributed by atoms with Crippen molar-refractivity contribution in [3.05, 3.63) is 53.7 Å². The molecule has 1 aromatic heterocycles. The first-order valence-corrected chi connectivity index (χ1v) is 10.2. The van der Waals surface area contributed by atoms with Gasteiger partial charge in [-0.15, -0.1) is 0 Å². The SMILES string of the molecule is CC[C@@H](C)c1ccc(NC(=O)CN2CCN(c3ccc(C(F)(F)F)cn3)CC2)cc1. The molecular formula is C22H27F3N4O. The van der Waals surface area contributed by atoms with Gasteiger partial charge in [0.25, 0.3) is 0 Å². The molecule has 1 N–H and O–H groups in total. The van der Waals surface area contributed by atoms with Crippen LogP contribution in [-0.2, 0) is 11.0 Å². The summed E-state index contributed by atoms with van der Waals surface area (Å²) in [6, 6.07) is 10.4. The third-order valence-corrected chi connectivity index (χ3v) is 5.51. The Morgan fingerprint density at radius 3 is 2.30 bits per heavy atom. The normalized spacial score (nSPS) is 16.4. The summed E-state index contributed by atoms with van der Waals surface area (Å²) in [6.07, 6.45) is -2.45. The number of carbonyl (C=O) groups is 1. The lowest BCUT2D eigenvalue weighted by Gasteiger charge is -2.35. The van der Waals surface area contributed by atoms with Crippen LogP contribution in [0.25, 0.3) is 0 Å². The topological polar surface area (TPSA) is 48.5 Å². The predicted molar refractivity (Wildman–Crippen MR) is 112 cm³/mol. The summed E-state index contributed by atoms with van der Waals surface area (Å²) in [6.45, 7) is 7.10. The summed E-state index contributed by atoms with van der Waals surface area (Å²) in [7, 11) is 0. The number of halogens is 3. The van der Waals surface area contributed by atoms with Crippen LogP contribution < -0.4 is 10.2 Å². The average Bonchev–Trinajstić information content (AvgIpc) is 2.73. The molecule has 2 aromatic rings. The molecule has 3 rings (SSSR count). The lowest BCUT2D eigenvalue weighted by Crippen LogP contribution is -2.48. The molecule has 5 nitrogen and oxygen atoms in total. The first-order chi connectivity index (χ1) is 14.3. The summed E-state index contributed by atoms with van der Waals surface area (Å²) < 4.78 is 38.0. The number of nitrogens with one attached hydrogen (secondary N) is 1. The number of nitrogens with zero attached hydrogens (tertiary/aromatic N) is 3. The van der Waals surface area contributed by atoms with E-state index >= 15 is 0 Å². The summed E-state index contributed by atoms with van der Waals surface area (Å²) in [4.78, 5) is 20.3. The Kier molecular flexibility index (Phi) is 6.97. The highest BCUT2D eigenvalue weighted by Crippen LogP contribution is 2.29. The molecule has 30 heavy (non-hydrogen) atoms. The summed E-state index contributed by atoms with van der Waals surface area (Å²) in [5, 5.41) is 2.92. The Labute approximate surface area is 174 Å². The molecular weight excluding hydrogens is 393 g/mol. The van der Waals surface area contributed by atoms with Crippen molar-refractivity contribution in [1.29, 1.82) is 0 Å². The van der Waals surface area contributed by atoms with Crippen LogP contribution in [0.4, 0.5) is 24.7 Å². The van der Waals surface area contributed by atoms with Gasteiger partial charge in [-0.3, -0.25) is 9.69 Å². The number of rotatable bonds is 6. The lowest BCUT2D eigenvalue weighted by atomic mass is 9.99. The second-order valence-corrected chi connectivity index (χ2v) is 7.65. The number of carbonyl (C=O) groups excluding carboxylic acids is 1. The highest BCUT2D eigenvalue weighted by Gasteiger charge is 2.31. The standard InChI is InChI=1S/C22H27F3N4O/c1-3-16(2)17-4-7-19(8-5-17)27-21(30)15-28-10-12-29(13-11-28)20-9-6-18(14-26-20)22(23,24)25/h4-9,14,16H,3,10-13,15H2,1-2H3,(H,27,30)/t16-/m1/s1. The number of hydrogen-bond donors (Lipinski definition) is 1. The van der Waals surface area contributed by atoms with Crippen molar-refractivity contribution in [2.45, 2.75) is 32.4 Å². The zero-order valence-electron chi connectivity index (χ0n) is 17.2. The quantitative estimate of drug-likeness (QED) is 0.754. The van der Waals surface area contributed by atoms with Crippen LogP contribution in [0.3, 0.4) is 0 Å². The van der Waals surface area contributed by atoms with E-state index in [9.17, 15) is 18.0 Å². The third kappa shape index (κ3) is 5.72. The van der Waals surface area contributed by atoms with Crippen molar-refractivity contribution in [1.82, 2.24) is 9.88 Å². The molecule has 1 aliphatic heterocycles. The molecule has 0 saturated carbocycles. The maximum absolute atomic E-state index is 12.7. The van der Waals surface area contributed by atoms with Crippen LogP contribution in [0.5, 0.6) is 0 Å². The van der Waals surface area contributed by atoms with Gasteiger partial charge >= 0.3 is 6.18 Å². The number of hydrogen-bond acceptors (Lipinski definition) is 4. The molecule has 2 heterocycles. The molecule has 1 atom stereocenters. The number of pyridine rings is 1. The molecule has 0 unspecified atom stereocenters.